The fourth-order valence-electron chi connectivity index (χ4n) is 2.95. The summed E-state index contributed by atoms with van der Waals surface area (Å²) >= 11 is 2.22. The van der Waals surface area contributed by atoms with Gasteiger partial charge in [-0.05, 0) is 72.2 Å². The molecule has 0 heterocycles. The minimum absolute atomic E-state index is 0.0920. The number of nitrogens with zero attached hydrogens (tertiary/aromatic N) is 1. The molecule has 5 nitrogen and oxygen atoms in total. The number of carbonyl (C=O) groups excluding carboxylic acids is 2. The summed E-state index contributed by atoms with van der Waals surface area (Å²) in [6.07, 6.45) is 1.24. The molecule has 0 aromatic heterocycles. The molecule has 0 aliphatic carbocycles. The van der Waals surface area contributed by atoms with Gasteiger partial charge in [0.25, 0.3) is 5.91 Å². The summed E-state index contributed by atoms with van der Waals surface area (Å²) in [4.78, 5) is 27.1. The van der Waals surface area contributed by atoms with Crippen LogP contribution in [0.1, 0.15) is 25.8 Å². The molecular weight excluding hydrogens is 467 g/mol. The molecule has 0 saturated carbocycles. The smallest absolute Gasteiger partial charge is 0.261 e. The van der Waals surface area contributed by atoms with Gasteiger partial charge < -0.3 is 15.0 Å². The Morgan fingerprint density at radius 1 is 1.07 bits per heavy atom. The van der Waals surface area contributed by atoms with Crippen molar-refractivity contribution in [3.8, 4) is 5.75 Å². The van der Waals surface area contributed by atoms with Gasteiger partial charge in [-0.15, -0.1) is 0 Å². The van der Waals surface area contributed by atoms with Crippen LogP contribution in [-0.2, 0) is 16.0 Å². The molecule has 6 heteroatoms. The Morgan fingerprint density at radius 3 is 2.36 bits per heavy atom. The van der Waals surface area contributed by atoms with Crippen LogP contribution in [-0.4, -0.2) is 42.5 Å². The molecule has 1 N–H and O–H groups in total. The average molecular weight is 494 g/mol. The normalized spacial score (nSPS) is 11.5. The molecule has 1 atom stereocenters. The average Bonchev–Trinajstić information content (AvgIpc) is 2.71. The van der Waals surface area contributed by atoms with E-state index in [-0.39, 0.29) is 18.4 Å². The first kappa shape index (κ1) is 22.2. The summed E-state index contributed by atoms with van der Waals surface area (Å²) in [5.74, 6) is 0.330. The van der Waals surface area contributed by atoms with Gasteiger partial charge in [-0.1, -0.05) is 37.3 Å². The Hall–Kier alpha value is -2.09. The molecule has 0 radical (unpaired) electrons. The Balaban J connectivity index is 2.09. The number of hydrogen-bond donors (Lipinski definition) is 1. The van der Waals surface area contributed by atoms with E-state index in [0.717, 1.165) is 9.13 Å². The Labute approximate surface area is 180 Å². The van der Waals surface area contributed by atoms with E-state index in [0.29, 0.717) is 31.7 Å². The van der Waals surface area contributed by atoms with Crippen molar-refractivity contribution in [2.75, 3.05) is 19.7 Å². The van der Waals surface area contributed by atoms with Gasteiger partial charge in [-0.3, -0.25) is 9.59 Å². The van der Waals surface area contributed by atoms with E-state index in [1.807, 2.05) is 68.4 Å². The minimum atomic E-state index is -0.503. The van der Waals surface area contributed by atoms with Gasteiger partial charge in [-0.2, -0.15) is 0 Å². The molecule has 0 fully saturated rings. The summed E-state index contributed by atoms with van der Waals surface area (Å²) in [6.45, 7) is 4.71. The van der Waals surface area contributed by atoms with Gasteiger partial charge in [0, 0.05) is 16.7 Å². The van der Waals surface area contributed by atoms with Crippen LogP contribution in [0, 0.1) is 3.57 Å². The maximum atomic E-state index is 12.9. The first-order valence-corrected chi connectivity index (χ1v) is 10.6. The molecule has 2 amide bonds. The van der Waals surface area contributed by atoms with Gasteiger partial charge in [0.15, 0.2) is 6.61 Å². The molecule has 0 spiro atoms. The topological polar surface area (TPSA) is 58.6 Å². The van der Waals surface area contributed by atoms with E-state index < -0.39 is 6.04 Å². The van der Waals surface area contributed by atoms with E-state index in [4.69, 9.17) is 4.74 Å². The molecule has 0 aliphatic rings. The Kier molecular flexibility index (Phi) is 9.27. The van der Waals surface area contributed by atoms with Crippen molar-refractivity contribution in [3.05, 3.63) is 63.7 Å². The molecule has 28 heavy (non-hydrogen) atoms. The van der Waals surface area contributed by atoms with Gasteiger partial charge in [-0.25, -0.2) is 0 Å². The first-order chi connectivity index (χ1) is 13.5. The van der Waals surface area contributed by atoms with Crippen molar-refractivity contribution >= 4 is 34.4 Å². The van der Waals surface area contributed by atoms with E-state index >= 15 is 0 Å². The quantitative estimate of drug-likeness (QED) is 0.513. The molecule has 0 unspecified atom stereocenters. The summed E-state index contributed by atoms with van der Waals surface area (Å²) in [5.41, 5.74) is 1.13. The van der Waals surface area contributed by atoms with Crippen LogP contribution in [0.15, 0.2) is 54.6 Å². The Morgan fingerprint density at radius 2 is 1.75 bits per heavy atom. The number of hydrogen-bond acceptors (Lipinski definition) is 3. The van der Waals surface area contributed by atoms with Crippen molar-refractivity contribution in [1.82, 2.24) is 10.2 Å². The fourth-order valence-corrected chi connectivity index (χ4v) is 3.31. The third-order valence-corrected chi connectivity index (χ3v) is 5.12. The predicted molar refractivity (Wildman–Crippen MR) is 119 cm³/mol. The zero-order valence-electron chi connectivity index (χ0n) is 16.4. The van der Waals surface area contributed by atoms with Gasteiger partial charge in [0.2, 0.25) is 5.91 Å². The number of carbonyl (C=O) groups is 2. The van der Waals surface area contributed by atoms with E-state index in [2.05, 4.69) is 27.9 Å². The molecule has 2 rings (SSSR count). The van der Waals surface area contributed by atoms with Gasteiger partial charge >= 0.3 is 0 Å². The van der Waals surface area contributed by atoms with Crippen molar-refractivity contribution in [3.63, 3.8) is 0 Å². The third-order valence-electron chi connectivity index (χ3n) is 4.40. The summed E-state index contributed by atoms with van der Waals surface area (Å²) in [5, 5.41) is 2.84. The molecule has 2 aromatic carbocycles. The summed E-state index contributed by atoms with van der Waals surface area (Å²) in [6, 6.07) is 17.0. The number of nitrogens with one attached hydrogen (secondary N) is 1. The predicted octanol–water partition coefficient (Wildman–Crippen LogP) is 3.66. The lowest BCUT2D eigenvalue weighted by molar-refractivity contribution is -0.142. The maximum absolute atomic E-state index is 12.9. The van der Waals surface area contributed by atoms with Crippen LogP contribution in [0.2, 0.25) is 0 Å². The highest BCUT2D eigenvalue weighted by Gasteiger charge is 2.28. The van der Waals surface area contributed by atoms with Crippen LogP contribution in [0.3, 0.4) is 0 Å². The third kappa shape index (κ3) is 6.82. The lowest BCUT2D eigenvalue weighted by Gasteiger charge is -2.30. The molecule has 0 aliphatic heterocycles. The van der Waals surface area contributed by atoms with Crippen molar-refractivity contribution < 1.29 is 14.3 Å². The molecule has 0 bridgehead atoms. The highest BCUT2D eigenvalue weighted by Crippen LogP contribution is 2.15. The molecule has 150 valence electrons. The summed E-state index contributed by atoms with van der Waals surface area (Å²) in [7, 11) is 0. The standard InChI is InChI=1S/C22H27IN2O3/c1-3-20(22(27)24-4-2)25(15-14-17-8-6-5-7-9-17)21(26)16-28-19-12-10-18(23)11-13-19/h5-13,20H,3-4,14-16H2,1-2H3,(H,24,27)/t20-/m0/s1. The van der Waals surface area contributed by atoms with Crippen molar-refractivity contribution in [2.24, 2.45) is 0 Å². The zero-order valence-corrected chi connectivity index (χ0v) is 18.5. The monoisotopic (exact) mass is 494 g/mol. The van der Waals surface area contributed by atoms with Gasteiger partial charge in [0.05, 0.1) is 0 Å². The largest absolute Gasteiger partial charge is 0.484 e. The highest BCUT2D eigenvalue weighted by atomic mass is 127. The number of benzene rings is 2. The molecule has 2 aromatic rings. The van der Waals surface area contributed by atoms with Crippen LogP contribution >= 0.6 is 22.6 Å². The second-order valence-electron chi connectivity index (χ2n) is 6.38. The maximum Gasteiger partial charge on any atom is 0.261 e. The van der Waals surface area contributed by atoms with Gasteiger partial charge in [0.1, 0.15) is 11.8 Å². The number of ether oxygens (including phenoxy) is 1. The number of rotatable bonds is 10. The molecule has 0 saturated heterocycles. The van der Waals surface area contributed by atoms with Crippen molar-refractivity contribution in [2.45, 2.75) is 32.7 Å². The Bertz CT molecular complexity index is 750. The fraction of sp³-hybridized carbons (Fsp3) is 0.364. The number of likely N-dealkylation sites (N-methyl/N-ethyl adjacent to an activating group) is 1. The van der Waals surface area contributed by atoms with Crippen LogP contribution in [0.5, 0.6) is 5.75 Å². The van der Waals surface area contributed by atoms with Crippen LogP contribution < -0.4 is 10.1 Å². The number of halogens is 1. The SMILES string of the molecule is CCNC(=O)[C@H](CC)N(CCc1ccccc1)C(=O)COc1ccc(I)cc1. The second kappa shape index (κ2) is 11.7. The summed E-state index contributed by atoms with van der Waals surface area (Å²) < 4.78 is 6.76. The first-order valence-electron chi connectivity index (χ1n) is 9.54. The minimum Gasteiger partial charge on any atom is -0.484 e. The highest BCUT2D eigenvalue weighted by molar-refractivity contribution is 14.1. The van der Waals surface area contributed by atoms with Crippen LogP contribution in [0.4, 0.5) is 0 Å². The second-order valence-corrected chi connectivity index (χ2v) is 7.63. The lowest BCUT2D eigenvalue weighted by atomic mass is 10.1. The van der Waals surface area contributed by atoms with E-state index in [1.165, 1.54) is 0 Å². The van der Waals surface area contributed by atoms with Crippen molar-refractivity contribution in [1.29, 1.82) is 0 Å². The van der Waals surface area contributed by atoms with E-state index in [1.54, 1.807) is 4.90 Å². The molecular formula is C22H27IN2O3. The lowest BCUT2D eigenvalue weighted by Crippen LogP contribution is -2.51. The van der Waals surface area contributed by atoms with Crippen LogP contribution in [0.25, 0.3) is 0 Å². The van der Waals surface area contributed by atoms with E-state index in [9.17, 15) is 9.59 Å². The number of amides is 2. The zero-order chi connectivity index (χ0) is 20.4.